The molecule has 0 N–H and O–H groups in total. The predicted octanol–water partition coefficient (Wildman–Crippen LogP) is 3.18. The Morgan fingerprint density at radius 1 is 1.64 bits per heavy atom. The van der Waals surface area contributed by atoms with Gasteiger partial charge >= 0.3 is 0 Å². The van der Waals surface area contributed by atoms with Crippen molar-refractivity contribution in [3.8, 4) is 0 Å². The van der Waals surface area contributed by atoms with E-state index in [1.54, 1.807) is 22.6 Å². The van der Waals surface area contributed by atoms with Crippen LogP contribution in [-0.2, 0) is 5.88 Å². The molecule has 0 saturated carbocycles. The molecule has 0 saturated heterocycles. The van der Waals surface area contributed by atoms with E-state index in [1.807, 2.05) is 0 Å². The molecule has 0 unspecified atom stereocenters. The first kappa shape index (κ1) is 11.8. The van der Waals surface area contributed by atoms with Crippen LogP contribution in [0.3, 0.4) is 0 Å². The molecule has 2 nitrogen and oxygen atoms in total. The molecule has 6 heteroatoms. The first-order valence-corrected chi connectivity index (χ1v) is 5.20. The van der Waals surface area contributed by atoms with Crippen LogP contribution in [0.25, 0.3) is 0 Å². The highest BCUT2D eigenvalue weighted by Crippen LogP contribution is 2.27. The van der Waals surface area contributed by atoms with E-state index < -0.39 is 6.43 Å². The fourth-order valence-electron chi connectivity index (χ4n) is 0.966. The van der Waals surface area contributed by atoms with Crippen LogP contribution in [0, 0.1) is 3.70 Å². The molecule has 0 aliphatic heterocycles. The molecule has 0 aliphatic carbocycles. The second kappa shape index (κ2) is 4.97. The molecule has 1 aromatic heterocycles. The largest absolute Gasteiger partial charge is 0.296 e. The van der Waals surface area contributed by atoms with Crippen molar-refractivity contribution in [3.63, 3.8) is 0 Å². The summed E-state index contributed by atoms with van der Waals surface area (Å²) in [6.45, 7) is 0. The van der Waals surface area contributed by atoms with Gasteiger partial charge in [-0.25, -0.2) is 13.8 Å². The Balaban J connectivity index is 3.35. The molecule has 0 bridgehead atoms. The van der Waals surface area contributed by atoms with Crippen LogP contribution in [0.2, 0.25) is 0 Å². The van der Waals surface area contributed by atoms with Gasteiger partial charge in [0.1, 0.15) is 9.39 Å². The molecule has 0 aromatic carbocycles. The van der Waals surface area contributed by atoms with E-state index >= 15 is 0 Å². The number of nitrogens with zero attached hydrogens (tertiary/aromatic N) is 1. The van der Waals surface area contributed by atoms with Gasteiger partial charge in [-0.05, 0) is 28.7 Å². The highest BCUT2D eigenvalue weighted by molar-refractivity contribution is 14.1. The Bertz CT molecular complexity index is 359. The summed E-state index contributed by atoms with van der Waals surface area (Å²) < 4.78 is 25.4. The van der Waals surface area contributed by atoms with E-state index in [-0.39, 0.29) is 22.7 Å². The number of aromatic nitrogens is 1. The number of rotatable bonds is 3. The van der Waals surface area contributed by atoms with Crippen molar-refractivity contribution in [2.45, 2.75) is 12.3 Å². The molecule has 0 aliphatic rings. The number of pyridine rings is 1. The summed E-state index contributed by atoms with van der Waals surface area (Å²) in [7, 11) is 0. The third-order valence-electron chi connectivity index (χ3n) is 1.62. The van der Waals surface area contributed by atoms with Gasteiger partial charge in [-0.2, -0.15) is 0 Å². The average molecular weight is 331 g/mol. The molecule has 0 fully saturated rings. The fraction of sp³-hybridized carbons (Fsp3) is 0.250. The molecule has 1 heterocycles. The molecule has 14 heavy (non-hydrogen) atoms. The second-order valence-corrected chi connectivity index (χ2v) is 3.75. The number of halogens is 4. The van der Waals surface area contributed by atoms with Gasteiger partial charge in [0, 0.05) is 11.1 Å². The standard InChI is InChI=1S/C8H5ClF2INO/c9-2-6-5(7(10)11)1-4(3-14)13-8(6)12/h1,3,7H,2H2. The Hall–Kier alpha value is -0.300. The van der Waals surface area contributed by atoms with Gasteiger partial charge in [-0.15, -0.1) is 11.6 Å². The number of hydrogen-bond acceptors (Lipinski definition) is 2. The van der Waals surface area contributed by atoms with E-state index in [0.717, 1.165) is 6.07 Å². The smallest absolute Gasteiger partial charge is 0.264 e. The Labute approximate surface area is 97.8 Å². The van der Waals surface area contributed by atoms with Crippen LogP contribution in [0.5, 0.6) is 0 Å². The van der Waals surface area contributed by atoms with E-state index in [2.05, 4.69) is 4.98 Å². The zero-order valence-electron chi connectivity index (χ0n) is 6.81. The molecule has 0 spiro atoms. The molecule has 0 amide bonds. The van der Waals surface area contributed by atoms with E-state index in [1.165, 1.54) is 0 Å². The summed E-state index contributed by atoms with van der Waals surface area (Å²) in [4.78, 5) is 14.2. The lowest BCUT2D eigenvalue weighted by molar-refractivity contribution is 0.111. The van der Waals surface area contributed by atoms with Crippen LogP contribution in [-0.4, -0.2) is 11.3 Å². The summed E-state index contributed by atoms with van der Waals surface area (Å²) in [6, 6.07) is 1.07. The summed E-state index contributed by atoms with van der Waals surface area (Å²) in [5, 5.41) is 0. The van der Waals surface area contributed by atoms with Crippen molar-refractivity contribution in [3.05, 3.63) is 26.6 Å². The average Bonchev–Trinajstić information content (AvgIpc) is 2.16. The second-order valence-electron chi connectivity index (χ2n) is 2.46. The molecular weight excluding hydrogens is 326 g/mol. The third kappa shape index (κ3) is 2.38. The van der Waals surface area contributed by atoms with Gasteiger partial charge in [0.2, 0.25) is 0 Å². The number of aldehydes is 1. The number of carbonyl (C=O) groups excluding carboxylic acids is 1. The lowest BCUT2D eigenvalue weighted by Crippen LogP contribution is -2.02. The van der Waals surface area contributed by atoms with Gasteiger partial charge in [0.15, 0.2) is 6.29 Å². The van der Waals surface area contributed by atoms with Crippen molar-refractivity contribution < 1.29 is 13.6 Å². The first-order chi connectivity index (χ1) is 6.60. The Morgan fingerprint density at radius 2 is 2.29 bits per heavy atom. The molecular formula is C8H5ClF2INO. The lowest BCUT2D eigenvalue weighted by Gasteiger charge is -2.08. The highest BCUT2D eigenvalue weighted by Gasteiger charge is 2.17. The highest BCUT2D eigenvalue weighted by atomic mass is 127. The zero-order valence-corrected chi connectivity index (χ0v) is 9.72. The maximum Gasteiger partial charge on any atom is 0.264 e. The van der Waals surface area contributed by atoms with E-state index in [4.69, 9.17) is 11.6 Å². The maximum atomic E-state index is 12.5. The van der Waals surface area contributed by atoms with Gasteiger partial charge in [-0.1, -0.05) is 0 Å². The minimum atomic E-state index is -2.64. The van der Waals surface area contributed by atoms with Crippen molar-refractivity contribution in [1.29, 1.82) is 0 Å². The van der Waals surface area contributed by atoms with Crippen molar-refractivity contribution in [2.24, 2.45) is 0 Å². The minimum Gasteiger partial charge on any atom is -0.296 e. The zero-order chi connectivity index (χ0) is 10.7. The SMILES string of the molecule is O=Cc1cc(C(F)F)c(CCl)c(I)n1. The third-order valence-corrected chi connectivity index (χ3v) is 2.78. The molecule has 0 atom stereocenters. The number of hydrogen-bond donors (Lipinski definition) is 0. The molecule has 1 rings (SSSR count). The van der Waals surface area contributed by atoms with Crippen molar-refractivity contribution in [2.75, 3.05) is 0 Å². The summed E-state index contributed by atoms with van der Waals surface area (Å²) in [6.07, 6.45) is -2.20. The van der Waals surface area contributed by atoms with Crippen LogP contribution in [0.1, 0.15) is 28.0 Å². The van der Waals surface area contributed by atoms with Crippen LogP contribution >= 0.6 is 34.2 Å². The minimum absolute atomic E-state index is 0.00133. The normalized spacial score (nSPS) is 10.6. The molecule has 76 valence electrons. The van der Waals surface area contributed by atoms with Gasteiger partial charge in [0.25, 0.3) is 6.43 Å². The summed E-state index contributed by atoms with van der Waals surface area (Å²) in [5.41, 5.74) is 0.0629. The fourth-order valence-corrected chi connectivity index (χ4v) is 2.25. The topological polar surface area (TPSA) is 30.0 Å². The lowest BCUT2D eigenvalue weighted by atomic mass is 10.1. The van der Waals surface area contributed by atoms with Crippen LogP contribution < -0.4 is 0 Å². The van der Waals surface area contributed by atoms with E-state index in [0.29, 0.717) is 9.99 Å². The van der Waals surface area contributed by atoms with Crippen molar-refractivity contribution >= 4 is 40.5 Å². The van der Waals surface area contributed by atoms with Gasteiger partial charge in [0.05, 0.1) is 5.88 Å². The number of carbonyl (C=O) groups is 1. The molecule has 1 aromatic rings. The molecule has 0 radical (unpaired) electrons. The van der Waals surface area contributed by atoms with Gasteiger partial charge in [-0.3, -0.25) is 4.79 Å². The van der Waals surface area contributed by atoms with Gasteiger partial charge < -0.3 is 0 Å². The first-order valence-electron chi connectivity index (χ1n) is 3.58. The predicted molar refractivity (Wildman–Crippen MR) is 56.9 cm³/mol. The van der Waals surface area contributed by atoms with E-state index in [9.17, 15) is 13.6 Å². The summed E-state index contributed by atoms with van der Waals surface area (Å²) in [5.74, 6) is -0.0376. The van der Waals surface area contributed by atoms with Crippen LogP contribution in [0.15, 0.2) is 6.07 Å². The maximum absolute atomic E-state index is 12.5. The number of alkyl halides is 3. The summed E-state index contributed by atoms with van der Waals surface area (Å²) >= 11 is 7.29. The monoisotopic (exact) mass is 331 g/mol. The Kier molecular flexibility index (Phi) is 4.18. The van der Waals surface area contributed by atoms with Crippen LogP contribution in [0.4, 0.5) is 8.78 Å². The van der Waals surface area contributed by atoms with Crippen molar-refractivity contribution in [1.82, 2.24) is 4.98 Å². The Morgan fingerprint density at radius 3 is 2.71 bits per heavy atom. The quantitative estimate of drug-likeness (QED) is 0.368.